The second-order valence-electron chi connectivity index (χ2n) is 4.31. The first-order valence-electron chi connectivity index (χ1n) is 6.76. The average Bonchev–Trinajstić information content (AvgIpc) is 2.77. The predicted octanol–water partition coefficient (Wildman–Crippen LogP) is 3.33. The number of para-hydroxylation sites is 1. The zero-order chi connectivity index (χ0) is 13.8. The molecule has 2 rings (SSSR count). The number of anilines is 1. The molecule has 0 unspecified atom stereocenters. The van der Waals surface area contributed by atoms with Gasteiger partial charge in [-0.15, -0.1) is 0 Å². The number of benzene rings is 1. The Labute approximate surface area is 119 Å². The van der Waals surface area contributed by atoms with E-state index in [9.17, 15) is 4.79 Å². The number of rotatable bonds is 4. The fourth-order valence-electron chi connectivity index (χ4n) is 2.22. The van der Waals surface area contributed by atoms with Crippen molar-refractivity contribution in [2.24, 2.45) is 0 Å². The number of carbonyl (C=O) groups is 1. The standard InChI is InChI=1S/C15H20N2OS/c1-4-16(5-2)14(18)11-15-17(6-3)12-9-7-8-10-13(12)19-15/h7-11H,4-6H2,1-3H3/b15-11-. The van der Waals surface area contributed by atoms with Crippen LogP contribution in [0.1, 0.15) is 20.8 Å². The summed E-state index contributed by atoms with van der Waals surface area (Å²) in [6.07, 6.45) is 1.77. The fraction of sp³-hybridized carbons (Fsp3) is 0.400. The molecule has 1 aliphatic heterocycles. The van der Waals surface area contributed by atoms with Crippen molar-refractivity contribution in [1.29, 1.82) is 0 Å². The lowest BCUT2D eigenvalue weighted by atomic mass is 10.3. The molecule has 0 atom stereocenters. The molecule has 1 aliphatic rings. The Kier molecular flexibility index (Phi) is 4.53. The minimum absolute atomic E-state index is 0.0961. The maximum Gasteiger partial charge on any atom is 0.249 e. The third kappa shape index (κ3) is 2.78. The highest BCUT2D eigenvalue weighted by Gasteiger charge is 2.24. The second kappa shape index (κ2) is 6.15. The SMILES string of the molecule is CCN(CC)C(=O)/C=C1\Sc2ccccc2N1CC. The average molecular weight is 276 g/mol. The van der Waals surface area contributed by atoms with Gasteiger partial charge in [-0.3, -0.25) is 4.79 Å². The summed E-state index contributed by atoms with van der Waals surface area (Å²) in [5, 5.41) is 1.03. The molecule has 0 spiro atoms. The van der Waals surface area contributed by atoms with Crippen LogP contribution in [0.3, 0.4) is 0 Å². The summed E-state index contributed by atoms with van der Waals surface area (Å²) in [5.41, 5.74) is 1.20. The quantitative estimate of drug-likeness (QED) is 0.788. The maximum atomic E-state index is 12.2. The summed E-state index contributed by atoms with van der Waals surface area (Å²) in [7, 11) is 0. The third-order valence-electron chi connectivity index (χ3n) is 3.27. The van der Waals surface area contributed by atoms with Crippen molar-refractivity contribution in [3.05, 3.63) is 35.4 Å². The number of nitrogens with zero attached hydrogens (tertiary/aromatic N) is 2. The molecule has 0 saturated carbocycles. The van der Waals surface area contributed by atoms with Gasteiger partial charge in [0.05, 0.1) is 10.7 Å². The van der Waals surface area contributed by atoms with E-state index in [1.165, 1.54) is 10.6 Å². The highest BCUT2D eigenvalue weighted by atomic mass is 32.2. The monoisotopic (exact) mass is 276 g/mol. The first kappa shape index (κ1) is 14.0. The minimum atomic E-state index is 0.0961. The van der Waals surface area contributed by atoms with Crippen molar-refractivity contribution in [3.63, 3.8) is 0 Å². The van der Waals surface area contributed by atoms with Gasteiger partial charge in [0.2, 0.25) is 5.91 Å². The molecule has 19 heavy (non-hydrogen) atoms. The van der Waals surface area contributed by atoms with Gasteiger partial charge in [0.15, 0.2) is 0 Å². The minimum Gasteiger partial charge on any atom is -0.340 e. The third-order valence-corrected chi connectivity index (χ3v) is 4.39. The Bertz CT molecular complexity index is 495. The normalized spacial score (nSPS) is 15.7. The molecule has 0 bridgehead atoms. The van der Waals surface area contributed by atoms with Crippen molar-refractivity contribution in [3.8, 4) is 0 Å². The summed E-state index contributed by atoms with van der Waals surface area (Å²) < 4.78 is 0. The first-order chi connectivity index (χ1) is 9.21. The highest BCUT2D eigenvalue weighted by molar-refractivity contribution is 8.03. The smallest absolute Gasteiger partial charge is 0.249 e. The topological polar surface area (TPSA) is 23.6 Å². The molecule has 1 aromatic carbocycles. The van der Waals surface area contributed by atoms with Gasteiger partial charge in [-0.25, -0.2) is 0 Å². The molecule has 0 fully saturated rings. The molecule has 0 saturated heterocycles. The van der Waals surface area contributed by atoms with Gasteiger partial charge in [0.1, 0.15) is 0 Å². The number of thioether (sulfide) groups is 1. The van der Waals surface area contributed by atoms with Crippen LogP contribution >= 0.6 is 11.8 Å². The molecule has 0 aliphatic carbocycles. The lowest BCUT2D eigenvalue weighted by molar-refractivity contribution is -0.125. The van der Waals surface area contributed by atoms with E-state index in [4.69, 9.17) is 0 Å². The maximum absolute atomic E-state index is 12.2. The van der Waals surface area contributed by atoms with Gasteiger partial charge in [-0.1, -0.05) is 23.9 Å². The number of fused-ring (bicyclic) bond motifs is 1. The molecular formula is C15H20N2OS. The van der Waals surface area contributed by atoms with E-state index in [1.54, 1.807) is 17.8 Å². The lowest BCUT2D eigenvalue weighted by Gasteiger charge is -2.20. The van der Waals surface area contributed by atoms with E-state index in [0.717, 1.165) is 24.7 Å². The van der Waals surface area contributed by atoms with Crippen molar-refractivity contribution in [2.75, 3.05) is 24.5 Å². The van der Waals surface area contributed by atoms with Gasteiger partial charge in [0.25, 0.3) is 0 Å². The summed E-state index contributed by atoms with van der Waals surface area (Å²) in [5.74, 6) is 0.0961. The molecule has 3 nitrogen and oxygen atoms in total. The van der Waals surface area contributed by atoms with Crippen LogP contribution in [0.25, 0.3) is 0 Å². The molecule has 0 aromatic heterocycles. The summed E-state index contributed by atoms with van der Waals surface area (Å²) in [6, 6.07) is 8.28. The van der Waals surface area contributed by atoms with Crippen LogP contribution in [0.15, 0.2) is 40.3 Å². The summed E-state index contributed by atoms with van der Waals surface area (Å²) in [4.78, 5) is 17.4. The molecule has 4 heteroatoms. The van der Waals surface area contributed by atoms with Gasteiger partial charge in [-0.05, 0) is 32.9 Å². The zero-order valence-corrected chi connectivity index (χ0v) is 12.5. The molecule has 1 aromatic rings. The van der Waals surface area contributed by atoms with E-state index in [0.29, 0.717) is 0 Å². The summed E-state index contributed by atoms with van der Waals surface area (Å²) >= 11 is 1.68. The number of hydrogen-bond acceptors (Lipinski definition) is 3. The largest absolute Gasteiger partial charge is 0.340 e. The Balaban J connectivity index is 2.25. The van der Waals surface area contributed by atoms with Crippen LogP contribution in [-0.4, -0.2) is 30.4 Å². The van der Waals surface area contributed by atoms with Crippen LogP contribution in [0.4, 0.5) is 5.69 Å². The number of amides is 1. The molecular weight excluding hydrogens is 256 g/mol. The van der Waals surface area contributed by atoms with Crippen molar-refractivity contribution >= 4 is 23.4 Å². The van der Waals surface area contributed by atoms with E-state index in [-0.39, 0.29) is 5.91 Å². The Morgan fingerprint density at radius 3 is 2.58 bits per heavy atom. The van der Waals surface area contributed by atoms with Gasteiger partial charge < -0.3 is 9.80 Å². The molecule has 1 amide bonds. The highest BCUT2D eigenvalue weighted by Crippen LogP contribution is 2.45. The van der Waals surface area contributed by atoms with Gasteiger partial charge in [-0.2, -0.15) is 0 Å². The van der Waals surface area contributed by atoms with Crippen molar-refractivity contribution in [2.45, 2.75) is 25.7 Å². The van der Waals surface area contributed by atoms with Crippen molar-refractivity contribution in [1.82, 2.24) is 4.90 Å². The van der Waals surface area contributed by atoms with Crippen LogP contribution in [-0.2, 0) is 4.79 Å². The molecule has 0 radical (unpaired) electrons. The predicted molar refractivity (Wildman–Crippen MR) is 81.3 cm³/mol. The lowest BCUT2D eigenvalue weighted by Crippen LogP contribution is -2.30. The number of hydrogen-bond donors (Lipinski definition) is 0. The van der Waals surface area contributed by atoms with Crippen LogP contribution in [0.2, 0.25) is 0 Å². The van der Waals surface area contributed by atoms with Crippen molar-refractivity contribution < 1.29 is 4.79 Å². The van der Waals surface area contributed by atoms with Crippen LogP contribution in [0, 0.1) is 0 Å². The summed E-state index contributed by atoms with van der Waals surface area (Å²) in [6.45, 7) is 8.51. The number of carbonyl (C=O) groups excluding carboxylic acids is 1. The Morgan fingerprint density at radius 1 is 1.26 bits per heavy atom. The fourth-order valence-corrected chi connectivity index (χ4v) is 3.37. The van der Waals surface area contributed by atoms with E-state index >= 15 is 0 Å². The number of likely N-dealkylation sites (N-methyl/N-ethyl adjacent to an activating group) is 1. The second-order valence-corrected chi connectivity index (χ2v) is 5.37. The molecule has 102 valence electrons. The van der Waals surface area contributed by atoms with Gasteiger partial charge >= 0.3 is 0 Å². The Hall–Kier alpha value is -1.42. The van der Waals surface area contributed by atoms with Gasteiger partial charge in [0, 0.05) is 30.6 Å². The van der Waals surface area contributed by atoms with Crippen LogP contribution in [0.5, 0.6) is 0 Å². The van der Waals surface area contributed by atoms with E-state index < -0.39 is 0 Å². The van der Waals surface area contributed by atoms with E-state index in [1.807, 2.05) is 30.9 Å². The first-order valence-corrected chi connectivity index (χ1v) is 7.57. The molecule has 1 heterocycles. The van der Waals surface area contributed by atoms with Crippen LogP contribution < -0.4 is 4.90 Å². The molecule has 0 N–H and O–H groups in total. The van der Waals surface area contributed by atoms with E-state index in [2.05, 4.69) is 24.0 Å². The Morgan fingerprint density at radius 2 is 1.95 bits per heavy atom. The zero-order valence-electron chi connectivity index (χ0n) is 11.7.